The van der Waals surface area contributed by atoms with Gasteiger partial charge in [0.1, 0.15) is 0 Å². The van der Waals surface area contributed by atoms with Crippen molar-refractivity contribution >= 4 is 0 Å². The van der Waals surface area contributed by atoms with E-state index in [1.807, 2.05) is 0 Å². The van der Waals surface area contributed by atoms with Crippen molar-refractivity contribution in [3.8, 4) is 0 Å². The predicted molar refractivity (Wildman–Crippen MR) is 87.5 cm³/mol. The second-order valence-electron chi connectivity index (χ2n) is 5.87. The first-order chi connectivity index (χ1) is 9.58. The zero-order valence-electron chi connectivity index (χ0n) is 13.9. The Hall–Kier alpha value is -0.860. The van der Waals surface area contributed by atoms with Crippen LogP contribution in [0.3, 0.4) is 0 Å². The topological polar surface area (TPSA) is 21.3 Å². The van der Waals surface area contributed by atoms with Gasteiger partial charge in [-0.1, -0.05) is 24.6 Å². The minimum Gasteiger partial charge on any atom is -0.385 e. The first-order valence-electron chi connectivity index (χ1n) is 7.87. The summed E-state index contributed by atoms with van der Waals surface area (Å²) in [4.78, 5) is 0. The average Bonchev–Trinajstić information content (AvgIpc) is 2.39. The summed E-state index contributed by atoms with van der Waals surface area (Å²) in [5.74, 6) is 0. The zero-order chi connectivity index (χ0) is 15.0. The molecule has 0 aliphatic rings. The average molecular weight is 277 g/mol. The quantitative estimate of drug-likeness (QED) is 0.690. The number of hydrogen-bond donors (Lipinski definition) is 1. The van der Waals surface area contributed by atoms with Crippen molar-refractivity contribution in [2.75, 3.05) is 20.3 Å². The Morgan fingerprint density at radius 1 is 1.15 bits per heavy atom. The molecule has 0 amide bonds. The lowest BCUT2D eigenvalue weighted by Gasteiger charge is -2.21. The van der Waals surface area contributed by atoms with Crippen LogP contribution in [0.25, 0.3) is 0 Å². The first-order valence-corrected chi connectivity index (χ1v) is 7.87. The predicted octanol–water partition coefficient (Wildman–Crippen LogP) is 3.95. The zero-order valence-corrected chi connectivity index (χ0v) is 13.9. The largest absolute Gasteiger partial charge is 0.385 e. The van der Waals surface area contributed by atoms with E-state index in [0.717, 1.165) is 26.0 Å². The molecule has 0 heterocycles. The van der Waals surface area contributed by atoms with Gasteiger partial charge in [0, 0.05) is 19.8 Å². The Labute approximate surface area is 124 Å². The van der Waals surface area contributed by atoms with Gasteiger partial charge in [-0.25, -0.2) is 0 Å². The maximum atomic E-state index is 5.18. The third-order valence-corrected chi connectivity index (χ3v) is 3.87. The number of aryl methyl sites for hydroxylation is 3. The summed E-state index contributed by atoms with van der Waals surface area (Å²) in [6.45, 7) is 10.8. The van der Waals surface area contributed by atoms with Gasteiger partial charge in [0.2, 0.25) is 0 Å². The van der Waals surface area contributed by atoms with Gasteiger partial charge in [0.25, 0.3) is 0 Å². The molecule has 1 N–H and O–H groups in total. The molecule has 114 valence electrons. The number of benzene rings is 1. The molecule has 0 saturated heterocycles. The first kappa shape index (κ1) is 17.2. The molecule has 0 spiro atoms. The number of nitrogens with one attached hydrogen (secondary N) is 1. The molecule has 0 aromatic heterocycles. The van der Waals surface area contributed by atoms with Gasteiger partial charge in [-0.05, 0) is 69.7 Å². The van der Waals surface area contributed by atoms with Crippen LogP contribution in [0, 0.1) is 20.8 Å². The van der Waals surface area contributed by atoms with Crippen LogP contribution < -0.4 is 5.32 Å². The molecule has 0 saturated carbocycles. The highest BCUT2D eigenvalue weighted by Gasteiger charge is 2.12. The maximum absolute atomic E-state index is 5.18. The van der Waals surface area contributed by atoms with Crippen molar-refractivity contribution in [3.05, 3.63) is 34.4 Å². The van der Waals surface area contributed by atoms with Gasteiger partial charge >= 0.3 is 0 Å². The van der Waals surface area contributed by atoms with Crippen molar-refractivity contribution in [2.24, 2.45) is 0 Å². The van der Waals surface area contributed by atoms with Gasteiger partial charge in [-0.2, -0.15) is 0 Å². The Kier molecular flexibility index (Phi) is 7.86. The van der Waals surface area contributed by atoms with Crippen LogP contribution in [-0.4, -0.2) is 26.3 Å². The summed E-state index contributed by atoms with van der Waals surface area (Å²) in [6, 6.07) is 5.16. The highest BCUT2D eigenvalue weighted by atomic mass is 16.5. The van der Waals surface area contributed by atoms with Crippen LogP contribution in [0.15, 0.2) is 12.1 Å². The molecule has 0 aliphatic heterocycles. The molecule has 1 aromatic carbocycles. The van der Waals surface area contributed by atoms with E-state index in [4.69, 9.17) is 4.74 Å². The number of rotatable bonds is 9. The van der Waals surface area contributed by atoms with Crippen LogP contribution in [-0.2, 0) is 11.2 Å². The minimum absolute atomic E-state index is 0.560. The molecule has 1 rings (SSSR count). The molecule has 0 fully saturated rings. The third-order valence-electron chi connectivity index (χ3n) is 3.87. The Bertz CT molecular complexity index is 377. The summed E-state index contributed by atoms with van der Waals surface area (Å²) < 4.78 is 5.18. The van der Waals surface area contributed by atoms with E-state index in [1.54, 1.807) is 7.11 Å². The van der Waals surface area contributed by atoms with Crippen LogP contribution >= 0.6 is 0 Å². The molecule has 0 radical (unpaired) electrons. The molecule has 0 aliphatic carbocycles. The molecule has 20 heavy (non-hydrogen) atoms. The standard InChI is InChI=1S/C18H31NO/c1-6-9-19-17(8-7-10-20-5)13-18-15(3)11-14(2)12-16(18)4/h11-12,17,19H,6-10,13H2,1-5H3. The smallest absolute Gasteiger partial charge is 0.0462 e. The third kappa shape index (κ3) is 5.64. The van der Waals surface area contributed by atoms with Gasteiger partial charge < -0.3 is 10.1 Å². The highest BCUT2D eigenvalue weighted by molar-refractivity contribution is 5.38. The molecule has 2 nitrogen and oxygen atoms in total. The maximum Gasteiger partial charge on any atom is 0.0462 e. The van der Waals surface area contributed by atoms with E-state index in [2.05, 4.69) is 45.1 Å². The van der Waals surface area contributed by atoms with Crippen molar-refractivity contribution < 1.29 is 4.74 Å². The second-order valence-corrected chi connectivity index (χ2v) is 5.87. The van der Waals surface area contributed by atoms with Crippen LogP contribution in [0.4, 0.5) is 0 Å². The van der Waals surface area contributed by atoms with Crippen molar-refractivity contribution in [1.29, 1.82) is 0 Å². The lowest BCUT2D eigenvalue weighted by molar-refractivity contribution is 0.188. The van der Waals surface area contributed by atoms with E-state index >= 15 is 0 Å². The monoisotopic (exact) mass is 277 g/mol. The van der Waals surface area contributed by atoms with E-state index in [-0.39, 0.29) is 0 Å². The van der Waals surface area contributed by atoms with Gasteiger partial charge in [0.05, 0.1) is 0 Å². The number of ether oxygens (including phenoxy) is 1. The second kappa shape index (κ2) is 9.15. The summed E-state index contributed by atoms with van der Waals surface area (Å²) in [5, 5.41) is 3.69. The Morgan fingerprint density at radius 2 is 1.80 bits per heavy atom. The summed E-state index contributed by atoms with van der Waals surface area (Å²) in [7, 11) is 1.78. The van der Waals surface area contributed by atoms with E-state index < -0.39 is 0 Å². The van der Waals surface area contributed by atoms with Gasteiger partial charge in [0.15, 0.2) is 0 Å². The lowest BCUT2D eigenvalue weighted by Crippen LogP contribution is -2.32. The summed E-state index contributed by atoms with van der Waals surface area (Å²) in [5.41, 5.74) is 5.73. The van der Waals surface area contributed by atoms with Crippen molar-refractivity contribution in [1.82, 2.24) is 5.32 Å². The highest BCUT2D eigenvalue weighted by Crippen LogP contribution is 2.19. The van der Waals surface area contributed by atoms with Crippen LogP contribution in [0.2, 0.25) is 0 Å². The number of methoxy groups -OCH3 is 1. The lowest BCUT2D eigenvalue weighted by atomic mass is 9.93. The van der Waals surface area contributed by atoms with Gasteiger partial charge in [-0.15, -0.1) is 0 Å². The molecule has 0 bridgehead atoms. The molecule has 1 aromatic rings. The summed E-state index contributed by atoms with van der Waals surface area (Å²) in [6.07, 6.45) is 4.62. The fraction of sp³-hybridized carbons (Fsp3) is 0.667. The van der Waals surface area contributed by atoms with Crippen molar-refractivity contribution in [2.45, 2.75) is 59.4 Å². The molecular formula is C18H31NO. The molecule has 1 unspecified atom stereocenters. The SMILES string of the molecule is CCCNC(CCCOC)Cc1c(C)cc(C)cc1C. The number of hydrogen-bond acceptors (Lipinski definition) is 2. The normalized spacial score (nSPS) is 12.7. The van der Waals surface area contributed by atoms with E-state index in [1.165, 1.54) is 35.1 Å². The van der Waals surface area contributed by atoms with Crippen molar-refractivity contribution in [3.63, 3.8) is 0 Å². The molecule has 2 heteroatoms. The molecule has 1 atom stereocenters. The fourth-order valence-corrected chi connectivity index (χ4v) is 2.88. The molecular weight excluding hydrogens is 246 g/mol. The van der Waals surface area contributed by atoms with E-state index in [0.29, 0.717) is 6.04 Å². The van der Waals surface area contributed by atoms with Gasteiger partial charge in [-0.3, -0.25) is 0 Å². The fourth-order valence-electron chi connectivity index (χ4n) is 2.88. The minimum atomic E-state index is 0.560. The van der Waals surface area contributed by atoms with Crippen LogP contribution in [0.5, 0.6) is 0 Å². The Morgan fingerprint density at radius 3 is 2.35 bits per heavy atom. The summed E-state index contributed by atoms with van der Waals surface area (Å²) >= 11 is 0. The van der Waals surface area contributed by atoms with E-state index in [9.17, 15) is 0 Å². The van der Waals surface area contributed by atoms with Crippen LogP contribution in [0.1, 0.15) is 48.4 Å². The Balaban J connectivity index is 2.72.